The fourth-order valence-corrected chi connectivity index (χ4v) is 1.54. The van der Waals surface area contributed by atoms with Crippen LogP contribution >= 0.6 is 11.6 Å². The van der Waals surface area contributed by atoms with Crippen molar-refractivity contribution in [3.05, 3.63) is 28.8 Å². The molecule has 0 saturated carbocycles. The van der Waals surface area contributed by atoms with Gasteiger partial charge < -0.3 is 10.1 Å². The molecule has 0 aromatic heterocycles. The van der Waals surface area contributed by atoms with Gasteiger partial charge in [-0.1, -0.05) is 11.6 Å². The summed E-state index contributed by atoms with van der Waals surface area (Å²) in [6.07, 6.45) is -0.537. The maximum Gasteiger partial charge on any atom is 0.261 e. The average Bonchev–Trinajstić information content (AvgIpc) is 2.21. The van der Waals surface area contributed by atoms with E-state index in [2.05, 4.69) is 5.32 Å². The fraction of sp³-hybridized carbons (Fsp3) is 0.500. The van der Waals surface area contributed by atoms with Gasteiger partial charge in [0.25, 0.3) is 5.91 Å². The first-order valence-electron chi connectivity index (χ1n) is 5.94. The van der Waals surface area contributed by atoms with Crippen LogP contribution in [0.2, 0.25) is 5.02 Å². The van der Waals surface area contributed by atoms with Gasteiger partial charge in [-0.25, -0.2) is 0 Å². The predicted molar refractivity (Wildman–Crippen MR) is 74.2 cm³/mol. The average molecular weight is 270 g/mol. The van der Waals surface area contributed by atoms with E-state index in [1.165, 1.54) is 0 Å². The van der Waals surface area contributed by atoms with E-state index in [0.29, 0.717) is 10.8 Å². The minimum absolute atomic E-state index is 0.130. The molecule has 1 atom stereocenters. The molecule has 1 rings (SSSR count). The van der Waals surface area contributed by atoms with E-state index in [1.807, 2.05) is 33.8 Å². The van der Waals surface area contributed by atoms with Crippen molar-refractivity contribution >= 4 is 17.5 Å². The maximum atomic E-state index is 11.9. The topological polar surface area (TPSA) is 38.3 Å². The summed E-state index contributed by atoms with van der Waals surface area (Å²) < 4.78 is 5.59. The number of carbonyl (C=O) groups excluding carboxylic acids is 1. The van der Waals surface area contributed by atoms with E-state index in [9.17, 15) is 4.79 Å². The Bertz CT molecular complexity index is 438. The number of aryl methyl sites for hydroxylation is 1. The van der Waals surface area contributed by atoms with Crippen molar-refractivity contribution < 1.29 is 9.53 Å². The zero-order valence-electron chi connectivity index (χ0n) is 11.5. The molecule has 1 N–H and O–H groups in total. The Morgan fingerprint density at radius 3 is 2.50 bits per heavy atom. The summed E-state index contributed by atoms with van der Waals surface area (Å²) in [5.74, 6) is 0.517. The van der Waals surface area contributed by atoms with Crippen LogP contribution in [0.1, 0.15) is 33.3 Å². The number of halogens is 1. The second-order valence-electron chi connectivity index (χ2n) is 5.41. The number of ether oxygens (including phenoxy) is 1. The third-order valence-electron chi connectivity index (χ3n) is 2.31. The first-order valence-corrected chi connectivity index (χ1v) is 6.31. The second-order valence-corrected chi connectivity index (χ2v) is 5.82. The lowest BCUT2D eigenvalue weighted by Gasteiger charge is -2.23. The van der Waals surface area contributed by atoms with Crippen molar-refractivity contribution in [2.24, 2.45) is 0 Å². The van der Waals surface area contributed by atoms with Gasteiger partial charge in [0.2, 0.25) is 0 Å². The van der Waals surface area contributed by atoms with Gasteiger partial charge in [0, 0.05) is 10.6 Å². The molecule has 0 heterocycles. The van der Waals surface area contributed by atoms with Crippen LogP contribution in [0.25, 0.3) is 0 Å². The number of carbonyl (C=O) groups is 1. The Hall–Kier alpha value is -1.22. The van der Waals surface area contributed by atoms with Crippen LogP contribution in [-0.2, 0) is 4.79 Å². The van der Waals surface area contributed by atoms with Gasteiger partial charge >= 0.3 is 0 Å². The molecular formula is C14H20ClNO2. The lowest BCUT2D eigenvalue weighted by Crippen LogP contribution is -2.46. The molecule has 1 aromatic carbocycles. The van der Waals surface area contributed by atoms with Crippen LogP contribution in [-0.4, -0.2) is 17.6 Å². The van der Waals surface area contributed by atoms with Crippen molar-refractivity contribution in [3.63, 3.8) is 0 Å². The Morgan fingerprint density at radius 2 is 2.00 bits per heavy atom. The van der Waals surface area contributed by atoms with E-state index >= 15 is 0 Å². The number of amides is 1. The number of rotatable bonds is 3. The largest absolute Gasteiger partial charge is 0.481 e. The maximum absolute atomic E-state index is 11.9. The monoisotopic (exact) mass is 269 g/mol. The molecule has 1 amide bonds. The molecular weight excluding hydrogens is 250 g/mol. The summed E-state index contributed by atoms with van der Waals surface area (Å²) in [5.41, 5.74) is 0.669. The standard InChI is InChI=1S/C14H20ClNO2/c1-9-8-11(6-7-12(9)15)18-10(2)13(17)16-14(3,4)5/h6-8,10H,1-5H3,(H,16,17). The number of hydrogen-bond acceptors (Lipinski definition) is 2. The number of hydrogen-bond donors (Lipinski definition) is 1. The van der Waals surface area contributed by atoms with E-state index in [1.54, 1.807) is 19.1 Å². The van der Waals surface area contributed by atoms with Crippen LogP contribution in [0, 0.1) is 6.92 Å². The minimum atomic E-state index is -0.537. The summed E-state index contributed by atoms with van der Waals surface area (Å²) in [6, 6.07) is 5.35. The van der Waals surface area contributed by atoms with Gasteiger partial charge in [-0.3, -0.25) is 4.79 Å². The summed E-state index contributed by atoms with van der Waals surface area (Å²) in [6.45, 7) is 9.43. The van der Waals surface area contributed by atoms with Gasteiger partial charge in [0.1, 0.15) is 5.75 Å². The molecule has 3 nitrogen and oxygen atoms in total. The van der Waals surface area contributed by atoms with E-state index in [0.717, 1.165) is 5.56 Å². The molecule has 0 saturated heterocycles. The third kappa shape index (κ3) is 4.57. The van der Waals surface area contributed by atoms with Crippen molar-refractivity contribution in [1.82, 2.24) is 5.32 Å². The zero-order chi connectivity index (χ0) is 13.9. The summed E-state index contributed by atoms with van der Waals surface area (Å²) in [4.78, 5) is 11.9. The lowest BCUT2D eigenvalue weighted by atomic mass is 10.1. The summed E-state index contributed by atoms with van der Waals surface area (Å²) >= 11 is 5.93. The molecule has 4 heteroatoms. The third-order valence-corrected chi connectivity index (χ3v) is 2.73. The van der Waals surface area contributed by atoms with Gasteiger partial charge in [-0.05, 0) is 58.4 Å². The van der Waals surface area contributed by atoms with Crippen molar-refractivity contribution in [2.75, 3.05) is 0 Å². The molecule has 0 bridgehead atoms. The molecule has 0 aliphatic rings. The summed E-state index contributed by atoms with van der Waals surface area (Å²) in [7, 11) is 0. The normalized spacial score (nSPS) is 13.0. The first kappa shape index (κ1) is 14.8. The summed E-state index contributed by atoms with van der Waals surface area (Å²) in [5, 5.41) is 3.56. The van der Waals surface area contributed by atoms with Crippen LogP contribution in [0.3, 0.4) is 0 Å². The molecule has 0 fully saturated rings. The highest BCUT2D eigenvalue weighted by Gasteiger charge is 2.20. The Kier molecular flexibility index (Phi) is 4.63. The highest BCUT2D eigenvalue weighted by atomic mass is 35.5. The quantitative estimate of drug-likeness (QED) is 0.914. The molecule has 0 radical (unpaired) electrons. The van der Waals surface area contributed by atoms with Gasteiger partial charge in [-0.15, -0.1) is 0 Å². The second kappa shape index (κ2) is 5.61. The van der Waals surface area contributed by atoms with E-state index in [-0.39, 0.29) is 11.4 Å². The lowest BCUT2D eigenvalue weighted by molar-refractivity contribution is -0.128. The highest BCUT2D eigenvalue weighted by molar-refractivity contribution is 6.31. The van der Waals surface area contributed by atoms with Crippen molar-refractivity contribution in [3.8, 4) is 5.75 Å². The Balaban J connectivity index is 2.66. The van der Waals surface area contributed by atoms with Crippen LogP contribution in [0.15, 0.2) is 18.2 Å². The predicted octanol–water partition coefficient (Wildman–Crippen LogP) is 3.33. The van der Waals surface area contributed by atoms with Crippen LogP contribution in [0.4, 0.5) is 0 Å². The first-order chi connectivity index (χ1) is 8.19. The molecule has 100 valence electrons. The zero-order valence-corrected chi connectivity index (χ0v) is 12.3. The van der Waals surface area contributed by atoms with Crippen molar-refractivity contribution in [1.29, 1.82) is 0 Å². The number of benzene rings is 1. The Labute approximate surface area is 113 Å². The van der Waals surface area contributed by atoms with Gasteiger partial charge in [-0.2, -0.15) is 0 Å². The van der Waals surface area contributed by atoms with Gasteiger partial charge in [0.15, 0.2) is 6.10 Å². The van der Waals surface area contributed by atoms with Gasteiger partial charge in [0.05, 0.1) is 0 Å². The van der Waals surface area contributed by atoms with E-state index < -0.39 is 6.10 Å². The highest BCUT2D eigenvalue weighted by Crippen LogP contribution is 2.21. The molecule has 18 heavy (non-hydrogen) atoms. The van der Waals surface area contributed by atoms with Crippen LogP contribution in [0.5, 0.6) is 5.75 Å². The fourth-order valence-electron chi connectivity index (χ4n) is 1.42. The smallest absolute Gasteiger partial charge is 0.261 e. The SMILES string of the molecule is Cc1cc(OC(C)C(=O)NC(C)(C)C)ccc1Cl. The number of nitrogens with one attached hydrogen (secondary N) is 1. The minimum Gasteiger partial charge on any atom is -0.481 e. The molecule has 0 aliphatic carbocycles. The van der Waals surface area contributed by atoms with Crippen molar-refractivity contribution in [2.45, 2.75) is 46.3 Å². The molecule has 1 unspecified atom stereocenters. The molecule has 1 aromatic rings. The van der Waals surface area contributed by atoms with Crippen LogP contribution < -0.4 is 10.1 Å². The van der Waals surface area contributed by atoms with E-state index in [4.69, 9.17) is 16.3 Å². The molecule has 0 spiro atoms. The Morgan fingerprint density at radius 1 is 1.39 bits per heavy atom. The molecule has 0 aliphatic heterocycles.